The van der Waals surface area contributed by atoms with E-state index in [9.17, 15) is 21.6 Å². The Morgan fingerprint density at radius 3 is 2.58 bits per heavy atom. The number of aromatic nitrogens is 1. The maximum absolute atomic E-state index is 13.1. The second-order valence-electron chi connectivity index (χ2n) is 5.04. The number of oxazole rings is 1. The van der Waals surface area contributed by atoms with Crippen LogP contribution in [0.4, 0.5) is 19.2 Å². The Hall–Kier alpha value is -2.58. The van der Waals surface area contributed by atoms with Crippen LogP contribution in [-0.2, 0) is 16.2 Å². The van der Waals surface area contributed by atoms with E-state index in [4.69, 9.17) is 9.68 Å². The van der Waals surface area contributed by atoms with Crippen molar-refractivity contribution in [3.05, 3.63) is 52.0 Å². The molecule has 1 aromatic heterocycles. The lowest BCUT2D eigenvalue weighted by Crippen LogP contribution is -2.19. The molecule has 0 aliphatic rings. The first kappa shape index (κ1) is 18.2. The zero-order valence-electron chi connectivity index (χ0n) is 12.5. The van der Waals surface area contributed by atoms with Gasteiger partial charge in [0.25, 0.3) is 10.0 Å². The Morgan fingerprint density at radius 2 is 1.92 bits per heavy atom. The van der Waals surface area contributed by atoms with E-state index in [1.54, 1.807) is 0 Å². The zero-order valence-corrected chi connectivity index (χ0v) is 14.9. The molecule has 0 unspecified atom stereocenters. The molecule has 2 aromatic carbocycles. The number of hydrogen-bond donors (Lipinski definition) is 1. The van der Waals surface area contributed by atoms with E-state index in [-0.39, 0.29) is 16.7 Å². The van der Waals surface area contributed by atoms with Gasteiger partial charge in [0.2, 0.25) is 0 Å². The third-order valence-corrected chi connectivity index (χ3v) is 5.24. The van der Waals surface area contributed by atoms with E-state index in [1.807, 2.05) is 10.8 Å². The average molecular weight is 446 g/mol. The second-order valence-corrected chi connectivity index (χ2v) is 7.54. The van der Waals surface area contributed by atoms with Gasteiger partial charge in [-0.3, -0.25) is 0 Å². The summed E-state index contributed by atoms with van der Waals surface area (Å²) < 4.78 is 71.4. The molecule has 1 N–H and O–H groups in total. The van der Waals surface area contributed by atoms with Gasteiger partial charge in [0.1, 0.15) is 5.52 Å². The summed E-state index contributed by atoms with van der Waals surface area (Å²) in [6.07, 6.45) is -4.85. The minimum Gasteiger partial charge on any atom is -0.422 e. The van der Waals surface area contributed by atoms with Crippen LogP contribution in [0.2, 0.25) is 0 Å². The lowest BCUT2D eigenvalue weighted by Gasteiger charge is -2.12. The monoisotopic (exact) mass is 445 g/mol. The van der Waals surface area contributed by atoms with Gasteiger partial charge in [-0.05, 0) is 40.2 Å². The maximum atomic E-state index is 13.1. The summed E-state index contributed by atoms with van der Waals surface area (Å²) in [6, 6.07) is 7.91. The molecule has 1 heterocycles. The van der Waals surface area contributed by atoms with Crippen LogP contribution < -0.4 is 4.72 Å². The van der Waals surface area contributed by atoms with Crippen molar-refractivity contribution in [2.75, 3.05) is 4.72 Å². The zero-order chi connectivity index (χ0) is 19.1. The van der Waals surface area contributed by atoms with Gasteiger partial charge >= 0.3 is 12.2 Å². The Labute approximate surface area is 153 Å². The molecule has 0 aliphatic carbocycles. The lowest BCUT2D eigenvalue weighted by atomic mass is 10.2. The molecule has 0 bridgehead atoms. The van der Waals surface area contributed by atoms with Gasteiger partial charge in [-0.1, -0.05) is 12.1 Å². The number of nitriles is 1. The van der Waals surface area contributed by atoms with Crippen molar-refractivity contribution >= 4 is 43.1 Å². The SMILES string of the molecule is N#Cc1cc(Br)c2oc(NS(=O)(=O)c3ccccc3C(F)(F)F)nc2c1. The number of alkyl halides is 3. The molecule has 0 fully saturated rings. The minimum atomic E-state index is -4.85. The summed E-state index contributed by atoms with van der Waals surface area (Å²) in [4.78, 5) is 2.91. The highest BCUT2D eigenvalue weighted by Gasteiger charge is 2.37. The molecule has 11 heteroatoms. The molecule has 0 atom stereocenters. The third kappa shape index (κ3) is 3.38. The van der Waals surface area contributed by atoms with Gasteiger partial charge in [-0.2, -0.15) is 23.4 Å². The van der Waals surface area contributed by atoms with Crippen LogP contribution in [0.3, 0.4) is 0 Å². The first-order valence-electron chi connectivity index (χ1n) is 6.81. The highest BCUT2D eigenvalue weighted by atomic mass is 79.9. The Bertz CT molecular complexity index is 1150. The van der Waals surface area contributed by atoms with Crippen molar-refractivity contribution in [1.82, 2.24) is 4.98 Å². The number of halogens is 4. The van der Waals surface area contributed by atoms with E-state index in [0.29, 0.717) is 10.5 Å². The van der Waals surface area contributed by atoms with Crippen LogP contribution in [-0.4, -0.2) is 13.4 Å². The number of hydrogen-bond acceptors (Lipinski definition) is 5. The van der Waals surface area contributed by atoms with Gasteiger partial charge in [0, 0.05) is 0 Å². The van der Waals surface area contributed by atoms with Gasteiger partial charge in [0.15, 0.2) is 5.58 Å². The van der Waals surface area contributed by atoms with Crippen LogP contribution >= 0.6 is 15.9 Å². The van der Waals surface area contributed by atoms with Crippen molar-refractivity contribution in [3.63, 3.8) is 0 Å². The summed E-state index contributed by atoms with van der Waals surface area (Å²) in [5.41, 5.74) is -0.755. The highest BCUT2D eigenvalue weighted by molar-refractivity contribution is 9.10. The van der Waals surface area contributed by atoms with Gasteiger partial charge in [0.05, 0.1) is 26.6 Å². The van der Waals surface area contributed by atoms with Crippen molar-refractivity contribution in [2.45, 2.75) is 11.1 Å². The van der Waals surface area contributed by atoms with Crippen molar-refractivity contribution < 1.29 is 26.0 Å². The average Bonchev–Trinajstić information content (AvgIpc) is 2.96. The van der Waals surface area contributed by atoms with E-state index in [0.717, 1.165) is 12.1 Å². The summed E-state index contributed by atoms with van der Waals surface area (Å²) in [7, 11) is -4.61. The van der Waals surface area contributed by atoms with Crippen LogP contribution in [0, 0.1) is 11.3 Å². The number of anilines is 1. The van der Waals surface area contributed by atoms with Crippen molar-refractivity contribution in [3.8, 4) is 6.07 Å². The highest BCUT2D eigenvalue weighted by Crippen LogP contribution is 2.35. The van der Waals surface area contributed by atoms with E-state index in [2.05, 4.69) is 20.9 Å². The Balaban J connectivity index is 2.05. The summed E-state index contributed by atoms with van der Waals surface area (Å²) >= 11 is 3.15. The molecule has 6 nitrogen and oxygen atoms in total. The largest absolute Gasteiger partial charge is 0.422 e. The van der Waals surface area contributed by atoms with E-state index >= 15 is 0 Å². The van der Waals surface area contributed by atoms with Crippen LogP contribution in [0.1, 0.15) is 11.1 Å². The van der Waals surface area contributed by atoms with Crippen molar-refractivity contribution in [2.24, 2.45) is 0 Å². The fourth-order valence-corrected chi connectivity index (χ4v) is 3.89. The summed E-state index contributed by atoms with van der Waals surface area (Å²) in [5.74, 6) is 0. The van der Waals surface area contributed by atoms with Gasteiger partial charge < -0.3 is 4.42 Å². The normalized spacial score (nSPS) is 12.1. The summed E-state index contributed by atoms with van der Waals surface area (Å²) in [6.45, 7) is 0. The topological polar surface area (TPSA) is 96.0 Å². The van der Waals surface area contributed by atoms with E-state index in [1.165, 1.54) is 18.2 Å². The first-order chi connectivity index (χ1) is 12.1. The standard InChI is InChI=1S/C15H7BrF3N3O3S/c16-10-5-8(7-20)6-11-13(10)25-14(21-11)22-26(23,24)12-4-2-1-3-9(12)15(17,18)19/h1-6H,(H,21,22). The molecule has 0 saturated heterocycles. The number of rotatable bonds is 3. The van der Waals surface area contributed by atoms with Gasteiger partial charge in [-0.15, -0.1) is 0 Å². The number of fused-ring (bicyclic) bond motifs is 1. The maximum Gasteiger partial charge on any atom is 0.417 e. The quantitative estimate of drug-likeness (QED) is 0.648. The predicted molar refractivity (Wildman–Crippen MR) is 88.7 cm³/mol. The molecule has 0 aliphatic heterocycles. The molecule has 0 amide bonds. The van der Waals surface area contributed by atoms with Crippen molar-refractivity contribution in [1.29, 1.82) is 5.26 Å². The van der Waals surface area contributed by atoms with Crippen LogP contribution in [0.25, 0.3) is 11.1 Å². The van der Waals surface area contributed by atoms with E-state index < -0.39 is 32.7 Å². The number of sulfonamides is 1. The molecule has 0 radical (unpaired) electrons. The van der Waals surface area contributed by atoms with Crippen LogP contribution in [0.5, 0.6) is 0 Å². The fraction of sp³-hybridized carbons (Fsp3) is 0.0667. The minimum absolute atomic E-state index is 0.144. The molecular weight excluding hydrogens is 439 g/mol. The molecule has 26 heavy (non-hydrogen) atoms. The fourth-order valence-electron chi connectivity index (χ4n) is 2.21. The van der Waals surface area contributed by atoms with Crippen LogP contribution in [0.15, 0.2) is 50.2 Å². The predicted octanol–water partition coefficient (Wildman–Crippen LogP) is 4.28. The Morgan fingerprint density at radius 1 is 1.23 bits per heavy atom. The molecule has 0 spiro atoms. The smallest absolute Gasteiger partial charge is 0.417 e. The number of benzene rings is 2. The molecular formula is C15H7BrF3N3O3S. The first-order valence-corrected chi connectivity index (χ1v) is 9.08. The molecule has 3 aromatic rings. The molecule has 0 saturated carbocycles. The van der Waals surface area contributed by atoms with Gasteiger partial charge in [-0.25, -0.2) is 13.1 Å². The molecule has 3 rings (SSSR count). The molecule has 134 valence electrons. The second kappa shape index (κ2) is 6.30. The summed E-state index contributed by atoms with van der Waals surface area (Å²) in [5, 5.41) is 8.92. The number of nitrogens with one attached hydrogen (secondary N) is 1. The lowest BCUT2D eigenvalue weighted by molar-refractivity contribution is -0.139. The third-order valence-electron chi connectivity index (χ3n) is 3.28. The Kier molecular flexibility index (Phi) is 4.41. The number of nitrogens with zero attached hydrogens (tertiary/aromatic N) is 2.